The van der Waals surface area contributed by atoms with Gasteiger partial charge in [0.2, 0.25) is 0 Å². The third-order valence-electron chi connectivity index (χ3n) is 5.87. The van der Waals surface area contributed by atoms with Crippen molar-refractivity contribution in [3.63, 3.8) is 0 Å². The third-order valence-corrected chi connectivity index (χ3v) is 5.87. The molecule has 0 radical (unpaired) electrons. The Morgan fingerprint density at radius 3 is 2.55 bits per heavy atom. The van der Waals surface area contributed by atoms with E-state index in [1.165, 1.54) is 71.1 Å². The van der Waals surface area contributed by atoms with Crippen molar-refractivity contribution >= 4 is 0 Å². The third kappa shape index (κ3) is 3.19. The molecule has 0 bridgehead atoms. The second-order valence-corrected chi connectivity index (χ2v) is 7.41. The smallest absolute Gasteiger partial charge is 0.0317 e. The highest BCUT2D eigenvalue weighted by atomic mass is 15.2. The van der Waals surface area contributed by atoms with Crippen molar-refractivity contribution in [3.8, 4) is 0 Å². The maximum absolute atomic E-state index is 6.26. The zero-order valence-corrected chi connectivity index (χ0v) is 13.0. The maximum atomic E-state index is 6.26. The van der Waals surface area contributed by atoms with E-state index in [9.17, 15) is 0 Å². The average molecular weight is 280 g/mol. The summed E-state index contributed by atoms with van der Waals surface area (Å²) < 4.78 is 0. The summed E-state index contributed by atoms with van der Waals surface area (Å²) in [5.74, 6) is 0. The van der Waals surface area contributed by atoms with Crippen LogP contribution in [-0.2, 0) is 0 Å². The fourth-order valence-electron chi connectivity index (χ4n) is 4.33. The fourth-order valence-corrected chi connectivity index (χ4v) is 4.33. The number of likely N-dealkylation sites (tertiary alicyclic amines) is 1. The standard InChI is InChI=1S/C16H32N4/c1-16(8-9-18-12-16)20-10-6-13(7-11-20)19-15-5-3-2-4-14(15)17/h13-15,18-19H,2-12,17H2,1H3/t14-,15-,16?/m1/s1. The molecule has 3 rings (SSSR count). The maximum Gasteiger partial charge on any atom is 0.0317 e. The molecule has 1 unspecified atom stereocenters. The van der Waals surface area contributed by atoms with Crippen LogP contribution in [0.25, 0.3) is 0 Å². The molecule has 4 nitrogen and oxygen atoms in total. The minimum absolute atomic E-state index is 0.387. The first-order chi connectivity index (χ1) is 9.67. The predicted octanol–water partition coefficient (Wildman–Crippen LogP) is 1.06. The van der Waals surface area contributed by atoms with Crippen LogP contribution in [0.2, 0.25) is 0 Å². The molecule has 3 fully saturated rings. The molecule has 0 aromatic carbocycles. The molecule has 4 N–H and O–H groups in total. The predicted molar refractivity (Wildman–Crippen MR) is 83.9 cm³/mol. The highest BCUT2D eigenvalue weighted by Crippen LogP contribution is 2.27. The Kier molecular flexibility index (Phi) is 4.65. The van der Waals surface area contributed by atoms with Crippen LogP contribution in [0.15, 0.2) is 0 Å². The minimum Gasteiger partial charge on any atom is -0.326 e. The summed E-state index contributed by atoms with van der Waals surface area (Å²) in [6.45, 7) is 7.28. The molecule has 1 saturated carbocycles. The van der Waals surface area contributed by atoms with Gasteiger partial charge in [0.25, 0.3) is 0 Å². The molecule has 2 heterocycles. The van der Waals surface area contributed by atoms with Gasteiger partial charge in [-0.1, -0.05) is 12.8 Å². The van der Waals surface area contributed by atoms with Gasteiger partial charge in [-0.25, -0.2) is 0 Å². The molecule has 2 saturated heterocycles. The number of nitrogens with one attached hydrogen (secondary N) is 2. The quantitative estimate of drug-likeness (QED) is 0.724. The van der Waals surface area contributed by atoms with Crippen LogP contribution in [0.3, 0.4) is 0 Å². The molecular formula is C16H32N4. The molecule has 0 aromatic heterocycles. The van der Waals surface area contributed by atoms with E-state index >= 15 is 0 Å². The Morgan fingerprint density at radius 2 is 1.90 bits per heavy atom. The molecule has 4 heteroatoms. The van der Waals surface area contributed by atoms with Gasteiger partial charge in [-0.05, 0) is 45.6 Å². The number of nitrogens with zero attached hydrogens (tertiary/aromatic N) is 1. The molecular weight excluding hydrogens is 248 g/mol. The van der Waals surface area contributed by atoms with E-state index in [4.69, 9.17) is 5.73 Å². The largest absolute Gasteiger partial charge is 0.326 e. The van der Waals surface area contributed by atoms with E-state index in [2.05, 4.69) is 22.5 Å². The van der Waals surface area contributed by atoms with Gasteiger partial charge in [0.05, 0.1) is 0 Å². The van der Waals surface area contributed by atoms with Crippen LogP contribution in [0, 0.1) is 0 Å². The zero-order valence-electron chi connectivity index (χ0n) is 13.0. The van der Waals surface area contributed by atoms with E-state index in [-0.39, 0.29) is 0 Å². The summed E-state index contributed by atoms with van der Waals surface area (Å²) in [7, 11) is 0. The van der Waals surface area contributed by atoms with Gasteiger partial charge in [0.1, 0.15) is 0 Å². The van der Waals surface area contributed by atoms with Gasteiger partial charge in [0, 0.05) is 43.3 Å². The van der Waals surface area contributed by atoms with Crippen LogP contribution < -0.4 is 16.4 Å². The van der Waals surface area contributed by atoms with E-state index in [1.807, 2.05) is 0 Å². The van der Waals surface area contributed by atoms with Crippen molar-refractivity contribution < 1.29 is 0 Å². The number of nitrogens with two attached hydrogens (primary N) is 1. The second kappa shape index (κ2) is 6.30. The molecule has 0 spiro atoms. The zero-order chi connectivity index (χ0) is 14.0. The average Bonchev–Trinajstić information content (AvgIpc) is 2.90. The first kappa shape index (κ1) is 14.8. The van der Waals surface area contributed by atoms with Crippen LogP contribution in [0.4, 0.5) is 0 Å². The van der Waals surface area contributed by atoms with Gasteiger partial charge in [-0.2, -0.15) is 0 Å². The molecule has 2 aliphatic heterocycles. The lowest BCUT2D eigenvalue weighted by Crippen LogP contribution is -2.57. The minimum atomic E-state index is 0.387. The number of rotatable bonds is 3. The monoisotopic (exact) mass is 280 g/mol. The van der Waals surface area contributed by atoms with Gasteiger partial charge >= 0.3 is 0 Å². The van der Waals surface area contributed by atoms with E-state index in [1.54, 1.807) is 0 Å². The van der Waals surface area contributed by atoms with Crippen molar-refractivity contribution in [2.45, 2.75) is 75.5 Å². The van der Waals surface area contributed by atoms with Crippen molar-refractivity contribution in [1.29, 1.82) is 0 Å². The first-order valence-electron chi connectivity index (χ1n) is 8.65. The Labute approximate surface area is 123 Å². The summed E-state index contributed by atoms with van der Waals surface area (Å²) in [5, 5.41) is 7.38. The molecule has 0 amide bonds. The highest BCUT2D eigenvalue weighted by Gasteiger charge is 2.37. The Morgan fingerprint density at radius 1 is 1.15 bits per heavy atom. The SMILES string of the molecule is CC1(N2CCC(N[C@@H]3CCCC[C@H]3N)CC2)CCNC1. The van der Waals surface area contributed by atoms with Crippen molar-refractivity contribution in [2.24, 2.45) is 5.73 Å². The van der Waals surface area contributed by atoms with E-state index in [0.717, 1.165) is 0 Å². The Balaban J connectivity index is 1.46. The lowest BCUT2D eigenvalue weighted by Gasteiger charge is -2.44. The number of piperidine rings is 1. The van der Waals surface area contributed by atoms with Gasteiger partial charge in [-0.15, -0.1) is 0 Å². The van der Waals surface area contributed by atoms with Crippen LogP contribution in [-0.4, -0.2) is 54.7 Å². The molecule has 0 aromatic rings. The van der Waals surface area contributed by atoms with E-state index in [0.29, 0.717) is 23.7 Å². The topological polar surface area (TPSA) is 53.3 Å². The number of hydrogen-bond acceptors (Lipinski definition) is 4. The van der Waals surface area contributed by atoms with Gasteiger partial charge < -0.3 is 16.4 Å². The van der Waals surface area contributed by atoms with Crippen LogP contribution in [0.1, 0.15) is 51.9 Å². The van der Waals surface area contributed by atoms with Crippen molar-refractivity contribution in [1.82, 2.24) is 15.5 Å². The normalized spacial score (nSPS) is 41.1. The molecule has 3 aliphatic rings. The van der Waals surface area contributed by atoms with Gasteiger partial charge in [-0.3, -0.25) is 4.90 Å². The summed E-state index contributed by atoms with van der Waals surface area (Å²) >= 11 is 0. The Hall–Kier alpha value is -0.160. The molecule has 3 atom stereocenters. The summed E-state index contributed by atoms with van der Waals surface area (Å²) in [6, 6.07) is 1.65. The van der Waals surface area contributed by atoms with Crippen LogP contribution >= 0.6 is 0 Å². The number of hydrogen-bond donors (Lipinski definition) is 3. The summed E-state index contributed by atoms with van der Waals surface area (Å²) in [6.07, 6.45) is 9.05. The summed E-state index contributed by atoms with van der Waals surface area (Å²) in [5.41, 5.74) is 6.67. The Bertz CT molecular complexity index is 306. The van der Waals surface area contributed by atoms with Crippen molar-refractivity contribution in [2.75, 3.05) is 26.2 Å². The van der Waals surface area contributed by atoms with E-state index < -0.39 is 0 Å². The van der Waals surface area contributed by atoms with Crippen LogP contribution in [0.5, 0.6) is 0 Å². The highest BCUT2D eigenvalue weighted by molar-refractivity contribution is 4.97. The molecule has 20 heavy (non-hydrogen) atoms. The summed E-state index contributed by atoms with van der Waals surface area (Å²) in [4.78, 5) is 2.71. The van der Waals surface area contributed by atoms with Gasteiger partial charge in [0.15, 0.2) is 0 Å². The lowest BCUT2D eigenvalue weighted by molar-refractivity contribution is 0.0792. The first-order valence-corrected chi connectivity index (χ1v) is 8.65. The molecule has 1 aliphatic carbocycles. The lowest BCUT2D eigenvalue weighted by atomic mass is 9.89. The molecule has 116 valence electrons. The fraction of sp³-hybridized carbons (Fsp3) is 1.00. The van der Waals surface area contributed by atoms with Crippen molar-refractivity contribution in [3.05, 3.63) is 0 Å². The second-order valence-electron chi connectivity index (χ2n) is 7.41.